The number of esters is 3. The normalized spacial score (nSPS) is 21.4. The second kappa shape index (κ2) is 8.66. The summed E-state index contributed by atoms with van der Waals surface area (Å²) in [6, 6.07) is 7.34. The fraction of sp³-hybridized carbons (Fsp3) is 0.545. The third kappa shape index (κ3) is 4.41. The summed E-state index contributed by atoms with van der Waals surface area (Å²) >= 11 is 0. The number of likely N-dealkylation sites (tertiary alicyclic amines) is 1. The monoisotopic (exact) mass is 435 g/mol. The van der Waals surface area contributed by atoms with Gasteiger partial charge in [-0.3, -0.25) is 4.79 Å². The molecule has 1 amide bonds. The average Bonchev–Trinajstić information content (AvgIpc) is 2.89. The molecule has 1 saturated heterocycles. The maximum absolute atomic E-state index is 13.2. The zero-order chi connectivity index (χ0) is 23.6. The summed E-state index contributed by atoms with van der Waals surface area (Å²) in [6.07, 6.45) is -0.654. The quantitative estimate of drug-likeness (QED) is 0.399. The molecule has 0 aromatic heterocycles. The van der Waals surface area contributed by atoms with Gasteiger partial charge in [-0.25, -0.2) is 14.4 Å². The molecule has 1 aromatic carbocycles. The van der Waals surface area contributed by atoms with Crippen molar-refractivity contribution in [2.45, 2.75) is 63.3 Å². The first-order valence-corrected chi connectivity index (χ1v) is 9.80. The molecule has 1 heterocycles. The number of nitrogens with zero attached hydrogens (tertiary/aromatic N) is 1. The molecular weight excluding hydrogens is 406 g/mol. The number of hydrogen-bond donors (Lipinski definition) is 1. The van der Waals surface area contributed by atoms with E-state index in [2.05, 4.69) is 0 Å². The van der Waals surface area contributed by atoms with Gasteiger partial charge in [-0.2, -0.15) is 0 Å². The highest BCUT2D eigenvalue weighted by Gasteiger charge is 2.73. The Morgan fingerprint density at radius 1 is 1.10 bits per heavy atom. The summed E-state index contributed by atoms with van der Waals surface area (Å²) < 4.78 is 15.1. The Kier molecular flexibility index (Phi) is 6.80. The molecule has 1 aliphatic heterocycles. The lowest BCUT2D eigenvalue weighted by molar-refractivity contribution is -0.191. The van der Waals surface area contributed by atoms with E-state index in [1.807, 2.05) is 0 Å². The van der Waals surface area contributed by atoms with E-state index in [-0.39, 0.29) is 6.42 Å². The van der Waals surface area contributed by atoms with E-state index >= 15 is 0 Å². The van der Waals surface area contributed by atoms with Gasteiger partial charge in [-0.05, 0) is 33.3 Å². The molecule has 0 radical (unpaired) electrons. The number of benzene rings is 1. The molecule has 2 atom stereocenters. The number of carbonyl (C=O) groups excluding carboxylic acids is 4. The number of rotatable bonds is 6. The Morgan fingerprint density at radius 3 is 2.06 bits per heavy atom. The van der Waals surface area contributed by atoms with Gasteiger partial charge in [0.1, 0.15) is 17.2 Å². The highest BCUT2D eigenvalue weighted by molar-refractivity contribution is 6.13. The van der Waals surface area contributed by atoms with Crippen LogP contribution in [0.3, 0.4) is 0 Å². The number of amides is 1. The molecule has 9 heteroatoms. The van der Waals surface area contributed by atoms with Gasteiger partial charge in [0, 0.05) is 6.42 Å². The maximum atomic E-state index is 13.2. The second-order valence-corrected chi connectivity index (χ2v) is 8.65. The van der Waals surface area contributed by atoms with Crippen molar-refractivity contribution < 1.29 is 38.5 Å². The predicted octanol–water partition coefficient (Wildman–Crippen LogP) is 1.01. The maximum Gasteiger partial charge on any atom is 0.346 e. The van der Waals surface area contributed by atoms with Gasteiger partial charge < -0.3 is 24.2 Å². The minimum atomic E-state index is -2.58. The fourth-order valence-corrected chi connectivity index (χ4v) is 3.86. The van der Waals surface area contributed by atoms with Gasteiger partial charge >= 0.3 is 17.9 Å². The number of methoxy groups -OCH3 is 2. The summed E-state index contributed by atoms with van der Waals surface area (Å²) in [5, 5.41) is 11.1. The molecule has 1 aromatic rings. The number of hydrogen-bond acceptors (Lipinski definition) is 8. The lowest BCUT2D eigenvalue weighted by Crippen LogP contribution is -2.71. The summed E-state index contributed by atoms with van der Waals surface area (Å²) in [5.74, 6) is -4.04. The molecule has 1 fully saturated rings. The largest absolute Gasteiger partial charge is 0.467 e. The minimum absolute atomic E-state index is 0.0622. The van der Waals surface area contributed by atoms with Crippen LogP contribution in [0, 0.1) is 0 Å². The lowest BCUT2D eigenvalue weighted by atomic mass is 9.80. The van der Waals surface area contributed by atoms with Crippen LogP contribution in [0.2, 0.25) is 0 Å². The summed E-state index contributed by atoms with van der Waals surface area (Å²) in [6.45, 7) is 6.12. The molecule has 2 rings (SSSR count). The Hall–Kier alpha value is -2.94. The van der Waals surface area contributed by atoms with E-state index < -0.39 is 53.0 Å². The van der Waals surface area contributed by atoms with Crippen LogP contribution in [0.15, 0.2) is 30.3 Å². The van der Waals surface area contributed by atoms with Gasteiger partial charge in [-0.1, -0.05) is 30.3 Å². The van der Waals surface area contributed by atoms with Crippen LogP contribution < -0.4 is 0 Å². The molecule has 0 bridgehead atoms. The third-order valence-corrected chi connectivity index (χ3v) is 5.13. The van der Waals surface area contributed by atoms with E-state index in [0.29, 0.717) is 5.56 Å². The predicted molar refractivity (Wildman–Crippen MR) is 109 cm³/mol. The van der Waals surface area contributed by atoms with Crippen LogP contribution in [0.4, 0.5) is 0 Å². The van der Waals surface area contributed by atoms with E-state index in [4.69, 9.17) is 14.2 Å². The first-order valence-electron chi connectivity index (χ1n) is 9.80. The van der Waals surface area contributed by atoms with Crippen molar-refractivity contribution in [2.24, 2.45) is 0 Å². The summed E-state index contributed by atoms with van der Waals surface area (Å²) in [4.78, 5) is 53.0. The number of carbonyl (C=O) groups is 4. The molecule has 31 heavy (non-hydrogen) atoms. The van der Waals surface area contributed by atoms with Crippen molar-refractivity contribution in [3.8, 4) is 0 Å². The summed E-state index contributed by atoms with van der Waals surface area (Å²) in [7, 11) is 2.04. The van der Waals surface area contributed by atoms with Crippen LogP contribution in [0.5, 0.6) is 0 Å². The third-order valence-electron chi connectivity index (χ3n) is 5.13. The van der Waals surface area contributed by atoms with E-state index in [1.54, 1.807) is 51.1 Å². The molecule has 0 saturated carbocycles. The van der Waals surface area contributed by atoms with Crippen LogP contribution in [-0.2, 0) is 39.8 Å². The van der Waals surface area contributed by atoms with E-state index in [1.165, 1.54) is 0 Å². The SMILES string of the molecule is COC(=O)C1(C(=O)OC)N(C(Cc2ccccc2)C(=O)OC(C)(C)C)C(=O)CC1(C)O. The molecule has 0 spiro atoms. The molecular formula is C22H29NO8. The minimum Gasteiger partial charge on any atom is -0.467 e. The van der Waals surface area contributed by atoms with Crippen molar-refractivity contribution >= 4 is 23.8 Å². The van der Waals surface area contributed by atoms with Crippen molar-refractivity contribution in [3.05, 3.63) is 35.9 Å². The van der Waals surface area contributed by atoms with Gasteiger partial charge in [0.05, 0.1) is 20.6 Å². The first-order chi connectivity index (χ1) is 14.3. The zero-order valence-corrected chi connectivity index (χ0v) is 18.6. The highest BCUT2D eigenvalue weighted by Crippen LogP contribution is 2.43. The Balaban J connectivity index is 2.72. The van der Waals surface area contributed by atoms with E-state index in [9.17, 15) is 24.3 Å². The van der Waals surface area contributed by atoms with Gasteiger partial charge in [-0.15, -0.1) is 0 Å². The van der Waals surface area contributed by atoms with Crippen LogP contribution in [-0.4, -0.2) is 70.8 Å². The Labute approximate surface area is 181 Å². The summed E-state index contributed by atoms with van der Waals surface area (Å²) in [5.41, 5.74) is -5.02. The smallest absolute Gasteiger partial charge is 0.346 e. The molecule has 2 unspecified atom stereocenters. The zero-order valence-electron chi connectivity index (χ0n) is 18.6. The topological polar surface area (TPSA) is 119 Å². The van der Waals surface area contributed by atoms with Gasteiger partial charge in [0.2, 0.25) is 5.91 Å². The fourth-order valence-electron chi connectivity index (χ4n) is 3.86. The standard InChI is InChI=1S/C22H29NO8/c1-20(2,3)31-17(25)15(12-14-10-8-7-9-11-14)23-16(24)13-21(4,28)22(23,18(26)29-5)19(27)30-6/h7-11,15,28H,12-13H2,1-6H3. The van der Waals surface area contributed by atoms with Gasteiger partial charge in [0.15, 0.2) is 0 Å². The highest BCUT2D eigenvalue weighted by atomic mass is 16.6. The van der Waals surface area contributed by atoms with E-state index in [0.717, 1.165) is 26.0 Å². The first kappa shape index (κ1) is 24.3. The Morgan fingerprint density at radius 2 is 1.61 bits per heavy atom. The van der Waals surface area contributed by atoms with Crippen molar-refractivity contribution in [1.29, 1.82) is 0 Å². The van der Waals surface area contributed by atoms with Crippen molar-refractivity contribution in [3.63, 3.8) is 0 Å². The molecule has 1 aliphatic rings. The van der Waals surface area contributed by atoms with Gasteiger partial charge in [0.25, 0.3) is 5.54 Å². The second-order valence-electron chi connectivity index (χ2n) is 8.65. The molecule has 9 nitrogen and oxygen atoms in total. The molecule has 0 aliphatic carbocycles. The van der Waals surface area contributed by atoms with Crippen molar-refractivity contribution in [2.75, 3.05) is 14.2 Å². The van der Waals surface area contributed by atoms with Crippen LogP contribution in [0.25, 0.3) is 0 Å². The van der Waals surface area contributed by atoms with Crippen LogP contribution in [0.1, 0.15) is 39.7 Å². The van der Waals surface area contributed by atoms with Crippen LogP contribution >= 0.6 is 0 Å². The van der Waals surface area contributed by atoms with Crippen molar-refractivity contribution in [1.82, 2.24) is 4.90 Å². The number of aliphatic hydroxyl groups is 1. The average molecular weight is 435 g/mol. The number of ether oxygens (including phenoxy) is 3. The Bertz CT molecular complexity index is 840. The molecule has 170 valence electrons. The lowest BCUT2D eigenvalue weighted by Gasteiger charge is -2.42. The molecule has 1 N–H and O–H groups in total.